The maximum Gasteiger partial charge on any atom is 0.416 e. The highest BCUT2D eigenvalue weighted by Crippen LogP contribution is 2.36. The van der Waals surface area contributed by atoms with Crippen LogP contribution < -0.4 is 0 Å². The molecule has 124 valence electrons. The van der Waals surface area contributed by atoms with Crippen LogP contribution in [0.3, 0.4) is 0 Å². The zero-order chi connectivity index (χ0) is 16.2. The maximum absolute atomic E-state index is 13.1. The number of aliphatic hydroxyl groups is 1. The molecule has 0 amide bonds. The molecule has 4 nitrogen and oxygen atoms in total. The first-order valence-corrected chi connectivity index (χ1v) is 7.09. The van der Waals surface area contributed by atoms with Gasteiger partial charge in [-0.15, -0.1) is 0 Å². The van der Waals surface area contributed by atoms with E-state index < -0.39 is 23.9 Å². The van der Waals surface area contributed by atoms with Crippen LogP contribution in [0.1, 0.15) is 17.2 Å². The lowest BCUT2D eigenvalue weighted by Crippen LogP contribution is -2.43. The molecule has 1 aliphatic rings. The van der Waals surface area contributed by atoms with E-state index in [2.05, 4.69) is 0 Å². The van der Waals surface area contributed by atoms with Gasteiger partial charge in [0.15, 0.2) is 0 Å². The summed E-state index contributed by atoms with van der Waals surface area (Å²) in [6.45, 7) is 1.76. The van der Waals surface area contributed by atoms with Crippen LogP contribution in [0.25, 0.3) is 0 Å². The molecule has 0 saturated carbocycles. The fourth-order valence-electron chi connectivity index (χ4n) is 2.64. The van der Waals surface area contributed by atoms with Gasteiger partial charge in [-0.1, -0.05) is 18.2 Å². The lowest BCUT2D eigenvalue weighted by molar-refractivity contribution is -0.140. The molecule has 1 heterocycles. The normalized spacial score (nSPS) is 21.8. The molecule has 0 bridgehead atoms. The van der Waals surface area contributed by atoms with Crippen molar-refractivity contribution in [2.24, 2.45) is 0 Å². The van der Waals surface area contributed by atoms with Gasteiger partial charge in [0.05, 0.1) is 31.0 Å². The van der Waals surface area contributed by atoms with Crippen molar-refractivity contribution in [1.29, 1.82) is 0 Å². The Hall–Kier alpha value is -1.15. The molecule has 0 unspecified atom stereocenters. The molecule has 1 aromatic carbocycles. The van der Waals surface area contributed by atoms with Crippen molar-refractivity contribution < 1.29 is 27.8 Å². The molecule has 0 aliphatic carbocycles. The van der Waals surface area contributed by atoms with Crippen molar-refractivity contribution in [2.75, 3.05) is 40.0 Å². The highest BCUT2D eigenvalue weighted by molar-refractivity contribution is 5.32. The summed E-state index contributed by atoms with van der Waals surface area (Å²) >= 11 is 0. The molecule has 22 heavy (non-hydrogen) atoms. The molecular weight excluding hydrogens is 299 g/mol. The molecule has 1 fully saturated rings. The van der Waals surface area contributed by atoms with E-state index in [-0.39, 0.29) is 12.2 Å². The van der Waals surface area contributed by atoms with E-state index in [4.69, 9.17) is 9.47 Å². The molecule has 2 atom stereocenters. The van der Waals surface area contributed by atoms with Crippen molar-refractivity contribution in [2.45, 2.75) is 18.4 Å². The number of rotatable bonds is 5. The Labute approximate surface area is 127 Å². The number of alkyl halides is 3. The number of aliphatic hydroxyl groups excluding tert-OH is 1. The lowest BCUT2D eigenvalue weighted by atomic mass is 10.0. The fraction of sp³-hybridized carbons (Fsp3) is 0.600. The highest BCUT2D eigenvalue weighted by Gasteiger charge is 2.36. The van der Waals surface area contributed by atoms with Crippen molar-refractivity contribution in [3.05, 3.63) is 35.4 Å². The average Bonchev–Trinajstić information content (AvgIpc) is 2.47. The monoisotopic (exact) mass is 319 g/mol. The summed E-state index contributed by atoms with van der Waals surface area (Å²) in [4.78, 5) is 1.89. The topological polar surface area (TPSA) is 41.9 Å². The van der Waals surface area contributed by atoms with Crippen LogP contribution in [0.15, 0.2) is 24.3 Å². The second-order valence-electron chi connectivity index (χ2n) is 5.31. The van der Waals surface area contributed by atoms with Crippen LogP contribution in [0, 0.1) is 0 Å². The van der Waals surface area contributed by atoms with Crippen molar-refractivity contribution in [3.63, 3.8) is 0 Å². The van der Waals surface area contributed by atoms with Crippen molar-refractivity contribution >= 4 is 0 Å². The third-order valence-electron chi connectivity index (χ3n) is 3.59. The van der Waals surface area contributed by atoms with Crippen LogP contribution in [0.4, 0.5) is 13.2 Å². The molecule has 1 aromatic rings. The first kappa shape index (κ1) is 17.2. The number of halogens is 3. The van der Waals surface area contributed by atoms with Gasteiger partial charge in [-0.25, -0.2) is 0 Å². The summed E-state index contributed by atoms with van der Waals surface area (Å²) in [6, 6.07) is 5.46. The van der Waals surface area contributed by atoms with Gasteiger partial charge < -0.3 is 14.6 Å². The Morgan fingerprint density at radius 2 is 2.14 bits per heavy atom. The number of β-amino-alcohol motifs (C(OH)–C–C–N with tert-alkyl or cyclic N) is 1. The Bertz CT molecular complexity index is 481. The summed E-state index contributed by atoms with van der Waals surface area (Å²) in [6.07, 6.45) is -5.72. The van der Waals surface area contributed by atoms with E-state index >= 15 is 0 Å². The second-order valence-corrected chi connectivity index (χ2v) is 5.31. The molecule has 1 aliphatic heterocycles. The number of methoxy groups -OCH3 is 1. The van der Waals surface area contributed by atoms with Crippen LogP contribution in [0.5, 0.6) is 0 Å². The van der Waals surface area contributed by atoms with Crippen LogP contribution in [-0.4, -0.2) is 56.1 Å². The number of morpholine rings is 1. The average molecular weight is 319 g/mol. The molecule has 2 rings (SSSR count). The third-order valence-corrected chi connectivity index (χ3v) is 3.59. The molecular formula is C15H20F3NO3. The zero-order valence-corrected chi connectivity index (χ0v) is 12.3. The first-order valence-electron chi connectivity index (χ1n) is 7.09. The quantitative estimate of drug-likeness (QED) is 0.902. The maximum atomic E-state index is 13.1. The van der Waals surface area contributed by atoms with Gasteiger partial charge in [-0.2, -0.15) is 13.2 Å². The van der Waals surface area contributed by atoms with Crippen molar-refractivity contribution in [1.82, 2.24) is 4.90 Å². The van der Waals surface area contributed by atoms with Gasteiger partial charge in [0, 0.05) is 26.7 Å². The number of benzene rings is 1. The largest absolute Gasteiger partial charge is 0.416 e. The number of nitrogens with zero attached hydrogens (tertiary/aromatic N) is 1. The first-order chi connectivity index (χ1) is 10.4. The second kappa shape index (κ2) is 7.41. The SMILES string of the molecule is COC[C@H](O)CN1CCO[C@@H](c2ccccc2C(F)(F)F)C1. The third kappa shape index (κ3) is 4.42. The predicted octanol–water partition coefficient (Wildman–Crippen LogP) is 2.09. The van der Waals surface area contributed by atoms with Crippen molar-refractivity contribution in [3.8, 4) is 0 Å². The van der Waals surface area contributed by atoms with Gasteiger partial charge in [0.25, 0.3) is 0 Å². The number of ether oxygens (including phenoxy) is 2. The Morgan fingerprint density at radius 1 is 1.41 bits per heavy atom. The number of hydrogen-bond donors (Lipinski definition) is 1. The highest BCUT2D eigenvalue weighted by atomic mass is 19.4. The van der Waals surface area contributed by atoms with E-state index in [9.17, 15) is 18.3 Å². The van der Waals surface area contributed by atoms with E-state index in [1.807, 2.05) is 4.90 Å². The van der Waals surface area contributed by atoms with E-state index in [1.165, 1.54) is 19.2 Å². The van der Waals surface area contributed by atoms with Crippen LogP contribution in [0.2, 0.25) is 0 Å². The minimum Gasteiger partial charge on any atom is -0.389 e. The molecule has 7 heteroatoms. The fourth-order valence-corrected chi connectivity index (χ4v) is 2.64. The molecule has 0 spiro atoms. The van der Waals surface area contributed by atoms with Gasteiger partial charge in [-0.3, -0.25) is 4.90 Å². The van der Waals surface area contributed by atoms with Gasteiger partial charge in [0.2, 0.25) is 0 Å². The minimum absolute atomic E-state index is 0.140. The van der Waals surface area contributed by atoms with Gasteiger partial charge in [-0.05, 0) is 11.6 Å². The smallest absolute Gasteiger partial charge is 0.389 e. The van der Waals surface area contributed by atoms with Crippen LogP contribution >= 0.6 is 0 Å². The van der Waals surface area contributed by atoms with Crippen LogP contribution in [-0.2, 0) is 15.7 Å². The summed E-state index contributed by atoms with van der Waals surface area (Å²) in [5.74, 6) is 0. The zero-order valence-electron chi connectivity index (χ0n) is 12.3. The molecule has 0 radical (unpaired) electrons. The molecule has 1 N–H and O–H groups in total. The summed E-state index contributed by atoms with van der Waals surface area (Å²) in [5.41, 5.74) is -0.528. The molecule has 1 saturated heterocycles. The summed E-state index contributed by atoms with van der Waals surface area (Å²) in [7, 11) is 1.49. The minimum atomic E-state index is -4.40. The Kier molecular flexibility index (Phi) is 5.80. The predicted molar refractivity (Wildman–Crippen MR) is 74.5 cm³/mol. The van der Waals surface area contributed by atoms with E-state index in [0.717, 1.165) is 6.07 Å². The van der Waals surface area contributed by atoms with E-state index in [0.29, 0.717) is 26.2 Å². The lowest BCUT2D eigenvalue weighted by Gasteiger charge is -2.35. The van der Waals surface area contributed by atoms with Gasteiger partial charge in [0.1, 0.15) is 0 Å². The summed E-state index contributed by atoms with van der Waals surface area (Å²) < 4.78 is 49.6. The van der Waals surface area contributed by atoms with E-state index in [1.54, 1.807) is 6.07 Å². The van der Waals surface area contributed by atoms with Gasteiger partial charge >= 0.3 is 6.18 Å². The molecule has 0 aromatic heterocycles. The Morgan fingerprint density at radius 3 is 2.82 bits per heavy atom. The Balaban J connectivity index is 2.10. The standard InChI is InChI=1S/C15H20F3NO3/c1-21-10-11(20)8-19-6-7-22-14(9-19)12-4-2-3-5-13(12)15(16,17)18/h2-5,11,14,20H,6-10H2,1H3/t11-,14-/m1/s1. The number of hydrogen-bond acceptors (Lipinski definition) is 4. The summed E-state index contributed by atoms with van der Waals surface area (Å²) in [5, 5.41) is 9.75.